The van der Waals surface area contributed by atoms with E-state index in [4.69, 9.17) is 0 Å². The number of aromatic carboxylic acids is 1. The molecule has 0 fully saturated rings. The molecule has 0 bridgehead atoms. The highest BCUT2D eigenvalue weighted by Crippen LogP contribution is 2.32. The van der Waals surface area contributed by atoms with Gasteiger partial charge in [0, 0.05) is 29.6 Å². The molecule has 0 saturated heterocycles. The fourth-order valence-corrected chi connectivity index (χ4v) is 3.89. The number of halogens is 3. The lowest BCUT2D eigenvalue weighted by atomic mass is 9.86. The lowest BCUT2D eigenvalue weighted by molar-refractivity contribution is 0.0692. The van der Waals surface area contributed by atoms with E-state index < -0.39 is 45.9 Å². The molecule has 33 heavy (non-hydrogen) atoms. The number of rotatable bonds is 6. The monoisotopic (exact) mass is 462 g/mol. The second-order valence-corrected chi connectivity index (χ2v) is 9.10. The molecule has 0 aliphatic carbocycles. The number of aliphatic hydroxyl groups is 1. The summed E-state index contributed by atoms with van der Waals surface area (Å²) in [6, 6.07) is 2.10. The van der Waals surface area contributed by atoms with Crippen LogP contribution in [0.4, 0.5) is 13.2 Å². The number of hydrogen-bond donors (Lipinski definition) is 2. The Hall–Kier alpha value is -3.20. The molecule has 1 aromatic carbocycles. The van der Waals surface area contributed by atoms with Gasteiger partial charge in [0.2, 0.25) is 5.43 Å². The maximum absolute atomic E-state index is 14.0. The molecule has 6 nitrogen and oxygen atoms in total. The van der Waals surface area contributed by atoms with Crippen LogP contribution in [0, 0.1) is 29.8 Å². The first kappa shape index (κ1) is 24.4. The minimum absolute atomic E-state index is 0.0262. The van der Waals surface area contributed by atoms with Crippen molar-refractivity contribution in [1.82, 2.24) is 9.55 Å². The Labute approximate surface area is 188 Å². The number of aryl methyl sites for hydroxylation is 2. The molecule has 0 aliphatic rings. The van der Waals surface area contributed by atoms with Crippen LogP contribution in [0.2, 0.25) is 0 Å². The van der Waals surface area contributed by atoms with Gasteiger partial charge in [0.25, 0.3) is 0 Å². The number of aliphatic hydroxyl groups excluding tert-OH is 1. The quantitative estimate of drug-likeness (QED) is 0.573. The minimum Gasteiger partial charge on any atom is -0.477 e. The van der Waals surface area contributed by atoms with Crippen molar-refractivity contribution in [2.45, 2.75) is 46.6 Å². The Balaban J connectivity index is 2.17. The molecule has 0 spiro atoms. The number of fused-ring (bicyclic) bond motifs is 1. The Morgan fingerprint density at radius 2 is 1.73 bits per heavy atom. The third kappa shape index (κ3) is 4.78. The number of carbonyl (C=O) groups is 1. The highest BCUT2D eigenvalue weighted by molar-refractivity contribution is 5.92. The predicted molar refractivity (Wildman–Crippen MR) is 117 cm³/mol. The highest BCUT2D eigenvalue weighted by atomic mass is 19.1. The molecule has 0 saturated carbocycles. The largest absolute Gasteiger partial charge is 0.477 e. The first-order chi connectivity index (χ1) is 15.3. The molecule has 2 N–H and O–H groups in total. The topological polar surface area (TPSA) is 92.4 Å². The lowest BCUT2D eigenvalue weighted by Crippen LogP contribution is -2.31. The fraction of sp³-hybridized carbons (Fsp3) is 0.375. The molecule has 0 radical (unpaired) electrons. The third-order valence-electron chi connectivity index (χ3n) is 5.79. The van der Waals surface area contributed by atoms with Gasteiger partial charge in [-0.05, 0) is 36.8 Å². The van der Waals surface area contributed by atoms with Crippen LogP contribution in [0.1, 0.15) is 54.0 Å². The van der Waals surface area contributed by atoms with Crippen molar-refractivity contribution >= 4 is 17.0 Å². The number of aromatic nitrogens is 2. The molecule has 2 aromatic heterocycles. The average Bonchev–Trinajstić information content (AvgIpc) is 2.68. The van der Waals surface area contributed by atoms with E-state index in [2.05, 4.69) is 4.98 Å². The van der Waals surface area contributed by atoms with E-state index in [0.29, 0.717) is 23.4 Å². The zero-order valence-electron chi connectivity index (χ0n) is 18.7. The van der Waals surface area contributed by atoms with Crippen LogP contribution in [0.5, 0.6) is 0 Å². The first-order valence-electron chi connectivity index (χ1n) is 10.4. The van der Waals surface area contributed by atoms with Crippen molar-refractivity contribution in [3.05, 3.63) is 74.5 Å². The summed E-state index contributed by atoms with van der Waals surface area (Å²) in [5.74, 6) is -4.45. The minimum atomic E-state index is -1.42. The Bertz CT molecular complexity index is 1270. The van der Waals surface area contributed by atoms with Gasteiger partial charge >= 0.3 is 5.97 Å². The molecule has 2 heterocycles. The number of benzene rings is 1. The second-order valence-electron chi connectivity index (χ2n) is 9.10. The summed E-state index contributed by atoms with van der Waals surface area (Å²) in [5, 5.41) is 19.6. The molecule has 0 amide bonds. The van der Waals surface area contributed by atoms with Gasteiger partial charge in [0.1, 0.15) is 28.7 Å². The Kier molecular flexibility index (Phi) is 6.65. The first-order valence-corrected chi connectivity index (χ1v) is 10.4. The van der Waals surface area contributed by atoms with E-state index in [9.17, 15) is 33.0 Å². The van der Waals surface area contributed by atoms with Crippen LogP contribution < -0.4 is 5.43 Å². The van der Waals surface area contributed by atoms with Crippen molar-refractivity contribution in [3.63, 3.8) is 0 Å². The molecule has 3 aromatic rings. The van der Waals surface area contributed by atoms with Gasteiger partial charge in [0.05, 0.1) is 18.0 Å². The van der Waals surface area contributed by atoms with Crippen molar-refractivity contribution in [1.29, 1.82) is 0 Å². The molecule has 0 aliphatic heterocycles. The summed E-state index contributed by atoms with van der Waals surface area (Å²) in [6.07, 6.45) is 1.17. The molecule has 176 valence electrons. The summed E-state index contributed by atoms with van der Waals surface area (Å²) in [4.78, 5) is 29.1. The van der Waals surface area contributed by atoms with Crippen LogP contribution in [0.3, 0.4) is 0 Å². The zero-order chi connectivity index (χ0) is 24.7. The van der Waals surface area contributed by atoms with Gasteiger partial charge in [-0.15, -0.1) is 0 Å². The van der Waals surface area contributed by atoms with Crippen molar-refractivity contribution in [3.8, 4) is 0 Å². The lowest BCUT2D eigenvalue weighted by Gasteiger charge is -2.32. The predicted octanol–water partition coefficient (Wildman–Crippen LogP) is 4.19. The summed E-state index contributed by atoms with van der Waals surface area (Å²) < 4.78 is 42.7. The molecular formula is C24H25F3N2O4. The van der Waals surface area contributed by atoms with E-state index in [1.165, 1.54) is 16.8 Å². The van der Waals surface area contributed by atoms with E-state index in [-0.39, 0.29) is 36.0 Å². The maximum Gasteiger partial charge on any atom is 0.341 e. The van der Waals surface area contributed by atoms with Gasteiger partial charge < -0.3 is 14.8 Å². The molecule has 1 atom stereocenters. The molecule has 0 unspecified atom stereocenters. The van der Waals surface area contributed by atoms with Crippen LogP contribution in [-0.2, 0) is 12.8 Å². The van der Waals surface area contributed by atoms with Crippen LogP contribution in [0.25, 0.3) is 11.0 Å². The number of carboxylic acid groups (broad SMARTS) is 1. The highest BCUT2D eigenvalue weighted by Gasteiger charge is 2.29. The van der Waals surface area contributed by atoms with Crippen LogP contribution in [0.15, 0.2) is 29.2 Å². The van der Waals surface area contributed by atoms with E-state index in [1.54, 1.807) is 6.92 Å². The molecule has 9 heteroatoms. The molecule has 3 rings (SSSR count). The molecular weight excluding hydrogens is 437 g/mol. The Morgan fingerprint density at radius 3 is 2.24 bits per heavy atom. The van der Waals surface area contributed by atoms with E-state index in [1.807, 2.05) is 20.8 Å². The van der Waals surface area contributed by atoms with Gasteiger partial charge in [-0.3, -0.25) is 4.79 Å². The van der Waals surface area contributed by atoms with Crippen molar-refractivity contribution in [2.24, 2.45) is 5.41 Å². The van der Waals surface area contributed by atoms with Gasteiger partial charge in [-0.2, -0.15) is 0 Å². The third-order valence-corrected chi connectivity index (χ3v) is 5.79. The van der Waals surface area contributed by atoms with Gasteiger partial charge in [-0.1, -0.05) is 20.8 Å². The Morgan fingerprint density at radius 1 is 1.12 bits per heavy atom. The summed E-state index contributed by atoms with van der Waals surface area (Å²) in [7, 11) is 0. The average molecular weight is 462 g/mol. The number of pyridine rings is 2. The van der Waals surface area contributed by atoms with E-state index in [0.717, 1.165) is 0 Å². The second kappa shape index (κ2) is 8.97. The maximum atomic E-state index is 14.0. The van der Waals surface area contributed by atoms with Crippen molar-refractivity contribution in [2.75, 3.05) is 6.61 Å². The zero-order valence-corrected chi connectivity index (χ0v) is 18.7. The SMILES string of the molecule is Cc1nc2c(cc1CCc1c(F)cc(F)cc1F)c(=O)c(C(=O)O)cn2[C@H](CO)C(C)(C)C. The normalized spacial score (nSPS) is 12.8. The summed E-state index contributed by atoms with van der Waals surface area (Å²) in [5.41, 5.74) is -0.816. The van der Waals surface area contributed by atoms with Crippen molar-refractivity contribution < 1.29 is 28.2 Å². The summed E-state index contributed by atoms with van der Waals surface area (Å²) >= 11 is 0. The van der Waals surface area contributed by atoms with Crippen LogP contribution >= 0.6 is 0 Å². The van der Waals surface area contributed by atoms with Crippen LogP contribution in [-0.4, -0.2) is 32.3 Å². The fourth-order valence-electron chi connectivity index (χ4n) is 3.89. The standard InChI is InChI=1S/C24H25F3N2O4/c1-12-13(5-6-15-18(26)8-14(25)9-19(15)27)7-16-21(31)17(23(32)33)10-29(22(16)28-12)20(11-30)24(2,3)4/h7-10,20,30H,5-6,11H2,1-4H3,(H,32,33)/t20-/m1/s1. The number of hydrogen-bond acceptors (Lipinski definition) is 4. The number of nitrogens with zero attached hydrogens (tertiary/aromatic N) is 2. The van der Waals surface area contributed by atoms with Gasteiger partial charge in [0.15, 0.2) is 0 Å². The number of carboxylic acids is 1. The smallest absolute Gasteiger partial charge is 0.341 e. The summed E-state index contributed by atoms with van der Waals surface area (Å²) in [6.45, 7) is 6.95. The van der Waals surface area contributed by atoms with Gasteiger partial charge in [-0.25, -0.2) is 22.9 Å². The van der Waals surface area contributed by atoms with E-state index >= 15 is 0 Å².